The van der Waals surface area contributed by atoms with E-state index in [2.05, 4.69) is 0 Å². The molecule has 0 aliphatic rings. The average molecular weight is 321 g/mol. The molecular formula is C21H20FNO. The van der Waals surface area contributed by atoms with Crippen LogP contribution in [0.25, 0.3) is 11.1 Å². The fourth-order valence-electron chi connectivity index (χ4n) is 2.74. The first-order valence-corrected chi connectivity index (χ1v) is 7.93. The van der Waals surface area contributed by atoms with Crippen LogP contribution in [0.5, 0.6) is 5.75 Å². The van der Waals surface area contributed by atoms with Gasteiger partial charge in [-0.25, -0.2) is 4.39 Å². The molecule has 2 N–H and O–H groups in total. The van der Waals surface area contributed by atoms with Gasteiger partial charge in [0.1, 0.15) is 18.2 Å². The number of benzene rings is 3. The summed E-state index contributed by atoms with van der Waals surface area (Å²) in [5, 5.41) is 0. The zero-order valence-electron chi connectivity index (χ0n) is 13.6. The minimum atomic E-state index is -0.239. The molecule has 3 rings (SSSR count). The van der Waals surface area contributed by atoms with Crippen molar-refractivity contribution in [3.63, 3.8) is 0 Å². The SMILES string of the molecule is Cc1cc(-c2ccc(F)cc2)cc(CN)c1OCc1ccccc1. The molecule has 0 amide bonds. The van der Waals surface area contributed by atoms with E-state index < -0.39 is 0 Å². The molecule has 122 valence electrons. The number of hydrogen-bond acceptors (Lipinski definition) is 2. The molecule has 0 atom stereocenters. The Labute approximate surface area is 141 Å². The molecule has 3 aromatic carbocycles. The van der Waals surface area contributed by atoms with Crippen molar-refractivity contribution in [3.8, 4) is 16.9 Å². The van der Waals surface area contributed by atoms with Gasteiger partial charge in [0.25, 0.3) is 0 Å². The van der Waals surface area contributed by atoms with Crippen molar-refractivity contribution >= 4 is 0 Å². The van der Waals surface area contributed by atoms with E-state index in [0.717, 1.165) is 33.6 Å². The second kappa shape index (κ2) is 7.28. The number of nitrogens with two attached hydrogens (primary N) is 1. The van der Waals surface area contributed by atoms with Gasteiger partial charge in [0, 0.05) is 12.1 Å². The maximum absolute atomic E-state index is 13.1. The van der Waals surface area contributed by atoms with E-state index in [9.17, 15) is 4.39 Å². The van der Waals surface area contributed by atoms with Gasteiger partial charge in [-0.3, -0.25) is 0 Å². The van der Waals surface area contributed by atoms with Crippen LogP contribution in [0.1, 0.15) is 16.7 Å². The van der Waals surface area contributed by atoms with Gasteiger partial charge in [0.05, 0.1) is 0 Å². The highest BCUT2D eigenvalue weighted by molar-refractivity contribution is 5.67. The maximum atomic E-state index is 13.1. The summed E-state index contributed by atoms with van der Waals surface area (Å²) >= 11 is 0. The maximum Gasteiger partial charge on any atom is 0.127 e. The monoisotopic (exact) mass is 321 g/mol. The molecule has 0 unspecified atom stereocenters. The predicted octanol–water partition coefficient (Wildman–Crippen LogP) is 4.84. The van der Waals surface area contributed by atoms with Gasteiger partial charge in [0.15, 0.2) is 0 Å². The van der Waals surface area contributed by atoms with Crippen molar-refractivity contribution in [2.75, 3.05) is 0 Å². The molecule has 0 saturated heterocycles. The third-order valence-corrected chi connectivity index (χ3v) is 3.98. The van der Waals surface area contributed by atoms with E-state index in [0.29, 0.717) is 13.2 Å². The van der Waals surface area contributed by atoms with Gasteiger partial charge >= 0.3 is 0 Å². The average Bonchev–Trinajstić information content (AvgIpc) is 2.61. The first kappa shape index (κ1) is 16.2. The summed E-state index contributed by atoms with van der Waals surface area (Å²) in [5.74, 6) is 0.588. The molecule has 24 heavy (non-hydrogen) atoms. The van der Waals surface area contributed by atoms with Crippen LogP contribution in [-0.2, 0) is 13.2 Å². The van der Waals surface area contributed by atoms with Crippen molar-refractivity contribution in [2.24, 2.45) is 5.73 Å². The van der Waals surface area contributed by atoms with Gasteiger partial charge in [-0.15, -0.1) is 0 Å². The smallest absolute Gasteiger partial charge is 0.127 e. The Kier molecular flexibility index (Phi) is 4.92. The Hall–Kier alpha value is -2.65. The third-order valence-electron chi connectivity index (χ3n) is 3.98. The molecule has 0 aliphatic carbocycles. The Balaban J connectivity index is 1.89. The molecule has 0 aliphatic heterocycles. The van der Waals surface area contributed by atoms with Crippen molar-refractivity contribution in [1.29, 1.82) is 0 Å². The quantitative estimate of drug-likeness (QED) is 0.730. The van der Waals surface area contributed by atoms with Crippen molar-refractivity contribution < 1.29 is 9.13 Å². The van der Waals surface area contributed by atoms with E-state index in [1.807, 2.05) is 49.4 Å². The molecule has 2 nitrogen and oxygen atoms in total. The summed E-state index contributed by atoms with van der Waals surface area (Å²) < 4.78 is 19.1. The lowest BCUT2D eigenvalue weighted by molar-refractivity contribution is 0.301. The Morgan fingerprint density at radius 3 is 2.29 bits per heavy atom. The molecule has 0 heterocycles. The van der Waals surface area contributed by atoms with Crippen LogP contribution in [0, 0.1) is 12.7 Å². The van der Waals surface area contributed by atoms with Gasteiger partial charge < -0.3 is 10.5 Å². The van der Waals surface area contributed by atoms with Crippen molar-refractivity contribution in [2.45, 2.75) is 20.1 Å². The molecular weight excluding hydrogens is 301 g/mol. The van der Waals surface area contributed by atoms with Crippen LogP contribution in [0.4, 0.5) is 4.39 Å². The van der Waals surface area contributed by atoms with Crippen LogP contribution < -0.4 is 10.5 Å². The highest BCUT2D eigenvalue weighted by atomic mass is 19.1. The highest BCUT2D eigenvalue weighted by Gasteiger charge is 2.10. The minimum Gasteiger partial charge on any atom is -0.488 e. The second-order valence-corrected chi connectivity index (χ2v) is 5.77. The molecule has 0 aromatic heterocycles. The fraction of sp³-hybridized carbons (Fsp3) is 0.143. The zero-order valence-corrected chi connectivity index (χ0v) is 13.6. The molecule has 0 saturated carbocycles. The summed E-state index contributed by atoms with van der Waals surface area (Å²) in [7, 11) is 0. The summed E-state index contributed by atoms with van der Waals surface area (Å²) in [5.41, 5.74) is 11.0. The lowest BCUT2D eigenvalue weighted by atomic mass is 9.99. The van der Waals surface area contributed by atoms with Gasteiger partial charge in [-0.1, -0.05) is 42.5 Å². The van der Waals surface area contributed by atoms with Crippen LogP contribution in [0.2, 0.25) is 0 Å². The number of hydrogen-bond donors (Lipinski definition) is 1. The summed E-state index contributed by atoms with van der Waals surface area (Å²) in [6, 6.07) is 20.6. The predicted molar refractivity (Wildman–Crippen MR) is 95.2 cm³/mol. The lowest BCUT2D eigenvalue weighted by Gasteiger charge is -2.16. The molecule has 0 fully saturated rings. The standard InChI is InChI=1S/C21H20FNO/c1-15-11-18(17-7-9-20(22)10-8-17)12-19(13-23)21(15)24-14-16-5-3-2-4-6-16/h2-12H,13-14,23H2,1H3. The molecule has 3 heteroatoms. The summed E-state index contributed by atoms with van der Waals surface area (Å²) in [6.45, 7) is 2.90. The van der Waals surface area contributed by atoms with E-state index in [1.54, 1.807) is 12.1 Å². The van der Waals surface area contributed by atoms with Crippen LogP contribution in [-0.4, -0.2) is 0 Å². The number of aryl methyl sites for hydroxylation is 1. The minimum absolute atomic E-state index is 0.239. The van der Waals surface area contributed by atoms with E-state index in [1.165, 1.54) is 12.1 Å². The zero-order chi connectivity index (χ0) is 16.9. The first-order chi connectivity index (χ1) is 11.7. The van der Waals surface area contributed by atoms with Crippen LogP contribution in [0.15, 0.2) is 66.7 Å². The van der Waals surface area contributed by atoms with Gasteiger partial charge in [-0.05, 0) is 53.4 Å². The van der Waals surface area contributed by atoms with Gasteiger partial charge in [0.2, 0.25) is 0 Å². The van der Waals surface area contributed by atoms with Crippen LogP contribution in [0.3, 0.4) is 0 Å². The highest BCUT2D eigenvalue weighted by Crippen LogP contribution is 2.31. The Bertz CT molecular complexity index is 813. The summed E-state index contributed by atoms with van der Waals surface area (Å²) in [6.07, 6.45) is 0. The molecule has 0 spiro atoms. The van der Waals surface area contributed by atoms with Gasteiger partial charge in [-0.2, -0.15) is 0 Å². The Morgan fingerprint density at radius 2 is 1.62 bits per heavy atom. The second-order valence-electron chi connectivity index (χ2n) is 5.77. The van der Waals surface area contributed by atoms with Crippen LogP contribution >= 0.6 is 0 Å². The van der Waals surface area contributed by atoms with Crippen molar-refractivity contribution in [1.82, 2.24) is 0 Å². The lowest BCUT2D eigenvalue weighted by Crippen LogP contribution is -2.05. The summed E-state index contributed by atoms with van der Waals surface area (Å²) in [4.78, 5) is 0. The normalized spacial score (nSPS) is 10.6. The third kappa shape index (κ3) is 3.63. The Morgan fingerprint density at radius 1 is 0.917 bits per heavy atom. The molecule has 3 aromatic rings. The number of halogens is 1. The number of ether oxygens (including phenoxy) is 1. The van der Waals surface area contributed by atoms with E-state index in [4.69, 9.17) is 10.5 Å². The molecule has 0 radical (unpaired) electrons. The first-order valence-electron chi connectivity index (χ1n) is 7.93. The van der Waals surface area contributed by atoms with E-state index >= 15 is 0 Å². The van der Waals surface area contributed by atoms with Crippen molar-refractivity contribution in [3.05, 3.63) is 89.2 Å². The fourth-order valence-corrected chi connectivity index (χ4v) is 2.74. The number of rotatable bonds is 5. The largest absolute Gasteiger partial charge is 0.488 e. The molecule has 0 bridgehead atoms. The van der Waals surface area contributed by atoms with E-state index in [-0.39, 0.29) is 5.82 Å². The topological polar surface area (TPSA) is 35.2 Å².